The Balaban J connectivity index is 1.64. The first-order valence-corrected chi connectivity index (χ1v) is 13.9. The second-order valence-electron chi connectivity index (χ2n) is 12.1. The van der Waals surface area contributed by atoms with Crippen molar-refractivity contribution in [2.45, 2.75) is 66.7 Å². The van der Waals surface area contributed by atoms with E-state index >= 15 is 0 Å². The number of piperidine rings is 1. The number of rotatable bonds is 10. The van der Waals surface area contributed by atoms with E-state index in [-0.39, 0.29) is 17.2 Å². The summed E-state index contributed by atoms with van der Waals surface area (Å²) in [4.78, 5) is 30.8. The topological polar surface area (TPSA) is 73.9 Å². The molecule has 2 heterocycles. The largest absolute Gasteiger partial charge is 0.379 e. The van der Waals surface area contributed by atoms with Gasteiger partial charge in [0.25, 0.3) is 5.91 Å². The highest BCUT2D eigenvalue weighted by Gasteiger charge is 2.23. The minimum atomic E-state index is -0.0669. The normalized spacial score (nSPS) is 18.6. The van der Waals surface area contributed by atoms with Crippen LogP contribution >= 0.6 is 0 Å². The van der Waals surface area contributed by atoms with Crippen LogP contribution in [0.2, 0.25) is 0 Å². The fourth-order valence-electron chi connectivity index (χ4n) is 5.39. The first kappa shape index (κ1) is 28.5. The third-order valence-electron chi connectivity index (χ3n) is 7.18. The third kappa shape index (κ3) is 9.40. The molecule has 2 N–H and O–H groups in total. The summed E-state index contributed by atoms with van der Waals surface area (Å²) in [7, 11) is 0. The van der Waals surface area contributed by atoms with Gasteiger partial charge in [0.15, 0.2) is 0 Å². The molecule has 0 spiro atoms. The number of benzene rings is 1. The van der Waals surface area contributed by atoms with Crippen molar-refractivity contribution in [3.63, 3.8) is 0 Å². The zero-order valence-electron chi connectivity index (χ0n) is 23.2. The average Bonchev–Trinajstić information content (AvgIpc) is 2.81. The highest BCUT2D eigenvalue weighted by Crippen LogP contribution is 2.30. The van der Waals surface area contributed by atoms with E-state index in [1.54, 1.807) is 0 Å². The molecule has 7 heteroatoms. The van der Waals surface area contributed by atoms with Crippen LogP contribution in [-0.2, 0) is 9.53 Å². The molecule has 0 aromatic heterocycles. The van der Waals surface area contributed by atoms with Crippen LogP contribution in [0.3, 0.4) is 0 Å². The lowest BCUT2D eigenvalue weighted by Gasteiger charge is -2.33. The second kappa shape index (κ2) is 13.4. The summed E-state index contributed by atoms with van der Waals surface area (Å²) in [5.74, 6) is 0.951. The average molecular weight is 501 g/mol. The van der Waals surface area contributed by atoms with Crippen molar-refractivity contribution in [3.8, 4) is 0 Å². The smallest absolute Gasteiger partial charge is 0.253 e. The van der Waals surface area contributed by atoms with Crippen LogP contribution in [0.5, 0.6) is 0 Å². The molecule has 2 saturated heterocycles. The number of hydrogen-bond donors (Lipinski definition) is 2. The van der Waals surface area contributed by atoms with Gasteiger partial charge in [-0.3, -0.25) is 14.5 Å². The Bertz CT molecular complexity index is 853. The molecule has 2 aliphatic rings. The molecule has 1 atom stereocenters. The van der Waals surface area contributed by atoms with Crippen molar-refractivity contribution in [1.29, 1.82) is 0 Å². The Morgan fingerprint density at radius 2 is 1.81 bits per heavy atom. The fraction of sp³-hybridized carbons (Fsp3) is 0.724. The van der Waals surface area contributed by atoms with Gasteiger partial charge in [-0.25, -0.2) is 0 Å². The number of ether oxygens (including phenoxy) is 1. The summed E-state index contributed by atoms with van der Waals surface area (Å²) in [6.07, 6.45) is 4.64. The van der Waals surface area contributed by atoms with Crippen LogP contribution in [0.15, 0.2) is 18.2 Å². The molecule has 2 fully saturated rings. The van der Waals surface area contributed by atoms with E-state index in [2.05, 4.69) is 55.1 Å². The van der Waals surface area contributed by atoms with Gasteiger partial charge in [-0.2, -0.15) is 0 Å². The highest BCUT2D eigenvalue weighted by atomic mass is 16.5. The molecule has 2 amide bonds. The van der Waals surface area contributed by atoms with E-state index in [4.69, 9.17) is 4.74 Å². The van der Waals surface area contributed by atoms with Crippen LogP contribution in [-0.4, -0.2) is 69.2 Å². The number of anilines is 2. The van der Waals surface area contributed by atoms with Gasteiger partial charge in [-0.05, 0) is 67.7 Å². The van der Waals surface area contributed by atoms with Gasteiger partial charge in [-0.1, -0.05) is 34.6 Å². The van der Waals surface area contributed by atoms with Crippen LogP contribution in [0.1, 0.15) is 77.1 Å². The van der Waals surface area contributed by atoms with E-state index < -0.39 is 0 Å². The van der Waals surface area contributed by atoms with Gasteiger partial charge in [0.2, 0.25) is 5.91 Å². The standard InChI is InChI=1S/C29H48N4O3/c1-22-9-13-33(14-10-22)26-8-7-24(31-27(34)19-23(2)21-29(3,4)5)20-25(26)28(35)30-11-6-12-32-15-17-36-18-16-32/h7-8,20,22-23H,6,9-19,21H2,1-5H3,(H,30,35)(H,31,34). The number of nitrogens with one attached hydrogen (secondary N) is 2. The molecule has 0 saturated carbocycles. The molecule has 7 nitrogen and oxygen atoms in total. The van der Waals surface area contributed by atoms with Crippen LogP contribution in [0.4, 0.5) is 11.4 Å². The van der Waals surface area contributed by atoms with Gasteiger partial charge in [0.05, 0.1) is 18.8 Å². The van der Waals surface area contributed by atoms with E-state index in [1.807, 2.05) is 18.2 Å². The number of morpholine rings is 1. The molecule has 0 bridgehead atoms. The Labute approximate surface area is 218 Å². The second-order valence-corrected chi connectivity index (χ2v) is 12.1. The van der Waals surface area contributed by atoms with Crippen molar-refractivity contribution in [1.82, 2.24) is 10.2 Å². The number of carbonyl (C=O) groups excluding carboxylic acids is 2. The summed E-state index contributed by atoms with van der Waals surface area (Å²) < 4.78 is 5.41. The zero-order chi connectivity index (χ0) is 26.1. The zero-order valence-corrected chi connectivity index (χ0v) is 23.2. The Morgan fingerprint density at radius 3 is 2.47 bits per heavy atom. The predicted octanol–water partition coefficient (Wildman–Crippen LogP) is 4.78. The summed E-state index contributed by atoms with van der Waals surface area (Å²) in [6, 6.07) is 5.80. The molecule has 36 heavy (non-hydrogen) atoms. The van der Waals surface area contributed by atoms with Crippen molar-refractivity contribution in [3.05, 3.63) is 23.8 Å². The lowest BCUT2D eigenvalue weighted by atomic mass is 9.84. The molecule has 2 aliphatic heterocycles. The van der Waals surface area contributed by atoms with Crippen LogP contribution < -0.4 is 15.5 Å². The lowest BCUT2D eigenvalue weighted by Crippen LogP contribution is -2.38. The highest BCUT2D eigenvalue weighted by molar-refractivity contribution is 6.02. The molecule has 1 unspecified atom stereocenters. The first-order chi connectivity index (χ1) is 17.1. The third-order valence-corrected chi connectivity index (χ3v) is 7.18. The summed E-state index contributed by atoms with van der Waals surface area (Å²) in [6.45, 7) is 18.0. The van der Waals surface area contributed by atoms with Crippen molar-refractivity contribution >= 4 is 23.2 Å². The lowest BCUT2D eigenvalue weighted by molar-refractivity contribution is -0.117. The molecule has 3 rings (SSSR count). The minimum Gasteiger partial charge on any atom is -0.379 e. The quantitative estimate of drug-likeness (QED) is 0.453. The molecular weight excluding hydrogens is 452 g/mol. The van der Waals surface area contributed by atoms with Gasteiger partial charge in [0.1, 0.15) is 0 Å². The molecule has 1 aromatic carbocycles. The molecule has 202 valence electrons. The SMILES string of the molecule is CC1CCN(c2ccc(NC(=O)CC(C)CC(C)(C)C)cc2C(=O)NCCCN2CCOCC2)CC1. The molecule has 1 aromatic rings. The van der Waals surface area contributed by atoms with E-state index in [0.717, 1.165) is 77.3 Å². The van der Waals surface area contributed by atoms with Gasteiger partial charge < -0.3 is 20.3 Å². The molecular formula is C29H48N4O3. The predicted molar refractivity (Wildman–Crippen MR) is 148 cm³/mol. The summed E-state index contributed by atoms with van der Waals surface area (Å²) in [5, 5.41) is 6.17. The maximum atomic E-state index is 13.3. The fourth-order valence-corrected chi connectivity index (χ4v) is 5.39. The number of amides is 2. The van der Waals surface area contributed by atoms with Crippen molar-refractivity contribution in [2.75, 3.05) is 62.7 Å². The molecule has 0 radical (unpaired) electrons. The van der Waals surface area contributed by atoms with Gasteiger partial charge >= 0.3 is 0 Å². The monoisotopic (exact) mass is 500 g/mol. The van der Waals surface area contributed by atoms with Crippen LogP contribution in [0.25, 0.3) is 0 Å². The van der Waals surface area contributed by atoms with E-state index in [9.17, 15) is 9.59 Å². The Kier molecular flexibility index (Phi) is 10.6. The number of carbonyl (C=O) groups is 2. The van der Waals surface area contributed by atoms with E-state index in [1.165, 1.54) is 0 Å². The molecule has 0 aliphatic carbocycles. The van der Waals surface area contributed by atoms with E-state index in [0.29, 0.717) is 36.1 Å². The van der Waals surface area contributed by atoms with Crippen molar-refractivity contribution < 1.29 is 14.3 Å². The maximum Gasteiger partial charge on any atom is 0.253 e. The maximum absolute atomic E-state index is 13.3. The minimum absolute atomic E-state index is 0.00293. The van der Waals surface area contributed by atoms with Gasteiger partial charge in [0, 0.05) is 50.5 Å². The Morgan fingerprint density at radius 1 is 1.11 bits per heavy atom. The van der Waals surface area contributed by atoms with Gasteiger partial charge in [-0.15, -0.1) is 0 Å². The number of hydrogen-bond acceptors (Lipinski definition) is 5. The van der Waals surface area contributed by atoms with Crippen LogP contribution in [0, 0.1) is 17.3 Å². The van der Waals surface area contributed by atoms with Crippen molar-refractivity contribution in [2.24, 2.45) is 17.3 Å². The summed E-state index contributed by atoms with van der Waals surface area (Å²) in [5.41, 5.74) is 2.50. The Hall–Kier alpha value is -2.12. The summed E-state index contributed by atoms with van der Waals surface area (Å²) >= 11 is 0. The number of nitrogens with zero attached hydrogens (tertiary/aromatic N) is 2. The first-order valence-electron chi connectivity index (χ1n) is 13.9.